The Kier molecular flexibility index (Phi) is 6.57. The average Bonchev–Trinajstić information content (AvgIpc) is 3.26. The number of fused-ring (bicyclic) bond motifs is 7. The van der Waals surface area contributed by atoms with E-state index >= 15 is 0 Å². The van der Waals surface area contributed by atoms with Gasteiger partial charge in [0.15, 0.2) is 5.78 Å². The Morgan fingerprint density at radius 1 is 1.05 bits per heavy atom. The van der Waals surface area contributed by atoms with Gasteiger partial charge in [0.2, 0.25) is 5.91 Å². The van der Waals surface area contributed by atoms with E-state index < -0.39 is 23.8 Å². The molecule has 1 unspecified atom stereocenters. The van der Waals surface area contributed by atoms with Gasteiger partial charge in [-0.3, -0.25) is 9.59 Å². The van der Waals surface area contributed by atoms with Crippen molar-refractivity contribution >= 4 is 11.7 Å². The van der Waals surface area contributed by atoms with Gasteiger partial charge in [-0.1, -0.05) is 52.8 Å². The van der Waals surface area contributed by atoms with Crippen LogP contribution in [0.1, 0.15) is 92.9 Å². The number of hydrogen-bond acceptors (Lipinski definition) is 3. The largest absolute Gasteiger partial charge is 0.350 e. The number of amides is 1. The van der Waals surface area contributed by atoms with Gasteiger partial charge in [0.05, 0.1) is 17.5 Å². The van der Waals surface area contributed by atoms with Crippen LogP contribution >= 0.6 is 0 Å². The topological polar surface area (TPSA) is 70.0 Å². The molecule has 0 aromatic rings. The molecule has 4 saturated carbocycles. The lowest BCUT2D eigenvalue weighted by molar-refractivity contribution is -0.218. The Bertz CT molecular complexity index is 1170. The Morgan fingerprint density at radius 2 is 1.74 bits per heavy atom. The molecule has 1 N–H and O–H groups in total. The van der Waals surface area contributed by atoms with Crippen molar-refractivity contribution in [2.75, 3.05) is 6.54 Å². The van der Waals surface area contributed by atoms with Gasteiger partial charge in [-0.15, -0.1) is 0 Å². The smallest absolute Gasteiger partial charge is 0.255 e. The molecule has 0 aromatic heterocycles. The molecule has 5 aliphatic carbocycles. The first-order valence-corrected chi connectivity index (χ1v) is 15.0. The zero-order chi connectivity index (χ0) is 28.8. The number of nitrogens with zero attached hydrogens (tertiary/aromatic N) is 1. The Hall–Kier alpha value is -2.03. The number of halogens is 2. The predicted octanol–water partition coefficient (Wildman–Crippen LogP) is 7.26. The van der Waals surface area contributed by atoms with E-state index in [1.807, 2.05) is 19.9 Å². The molecule has 0 radical (unpaired) electrons. The molecule has 4 nitrogen and oxygen atoms in total. The molecule has 0 spiro atoms. The van der Waals surface area contributed by atoms with Crippen LogP contribution in [-0.4, -0.2) is 24.7 Å². The normalized spacial score (nSPS) is 46.2. The van der Waals surface area contributed by atoms with Crippen LogP contribution in [0, 0.1) is 68.0 Å². The van der Waals surface area contributed by atoms with E-state index in [4.69, 9.17) is 0 Å². The number of hydrogen-bond donors (Lipinski definition) is 1. The fraction of sp³-hybridized carbons (Fsp3) is 0.788. The number of rotatable bonds is 4. The first-order valence-electron chi connectivity index (χ1n) is 15.0. The van der Waals surface area contributed by atoms with Crippen molar-refractivity contribution in [2.24, 2.45) is 56.7 Å². The number of allylic oxidation sites excluding steroid dienone is 3. The minimum Gasteiger partial charge on any atom is -0.350 e. The summed E-state index contributed by atoms with van der Waals surface area (Å²) in [6.45, 7) is 17.1. The third-order valence-corrected chi connectivity index (χ3v) is 13.4. The third kappa shape index (κ3) is 3.63. The molecule has 4 fully saturated rings. The molecule has 0 heterocycles. The maximum Gasteiger partial charge on any atom is 0.255 e. The van der Waals surface area contributed by atoms with Crippen LogP contribution in [-0.2, 0) is 9.59 Å². The van der Waals surface area contributed by atoms with Gasteiger partial charge >= 0.3 is 0 Å². The summed E-state index contributed by atoms with van der Waals surface area (Å²) >= 11 is 0. The fourth-order valence-electron chi connectivity index (χ4n) is 11.5. The zero-order valence-corrected chi connectivity index (χ0v) is 24.6. The number of alkyl halides is 2. The van der Waals surface area contributed by atoms with E-state index in [-0.39, 0.29) is 45.7 Å². The van der Waals surface area contributed by atoms with Crippen LogP contribution in [0.5, 0.6) is 0 Å². The number of ketones is 1. The van der Waals surface area contributed by atoms with Crippen molar-refractivity contribution in [3.8, 4) is 6.07 Å². The minimum absolute atomic E-state index is 0.0245. The second-order valence-corrected chi connectivity index (χ2v) is 15.0. The molecule has 39 heavy (non-hydrogen) atoms. The number of nitriles is 1. The molecule has 0 bridgehead atoms. The molecule has 9 atom stereocenters. The zero-order valence-electron chi connectivity index (χ0n) is 24.6. The first-order chi connectivity index (χ1) is 18.1. The Labute approximate surface area is 233 Å². The van der Waals surface area contributed by atoms with E-state index in [1.165, 1.54) is 0 Å². The molecule has 6 heteroatoms. The van der Waals surface area contributed by atoms with Crippen molar-refractivity contribution in [3.63, 3.8) is 0 Å². The Morgan fingerprint density at radius 3 is 2.36 bits per heavy atom. The summed E-state index contributed by atoms with van der Waals surface area (Å²) in [4.78, 5) is 26.9. The van der Waals surface area contributed by atoms with Crippen LogP contribution in [0.2, 0.25) is 0 Å². The van der Waals surface area contributed by atoms with Crippen LogP contribution in [0.15, 0.2) is 23.8 Å². The van der Waals surface area contributed by atoms with Gasteiger partial charge in [0.1, 0.15) is 6.07 Å². The van der Waals surface area contributed by atoms with Gasteiger partial charge in [0.25, 0.3) is 6.43 Å². The van der Waals surface area contributed by atoms with Crippen molar-refractivity contribution in [2.45, 2.75) is 99.3 Å². The highest BCUT2D eigenvalue weighted by atomic mass is 19.3. The van der Waals surface area contributed by atoms with Gasteiger partial charge in [-0.2, -0.15) is 5.26 Å². The summed E-state index contributed by atoms with van der Waals surface area (Å²) in [5.74, 6) is 0.918. The van der Waals surface area contributed by atoms with Crippen molar-refractivity contribution in [1.82, 2.24) is 5.32 Å². The SMILES string of the molecule is C=C(C)[C@@H]1CC[C@]2(C(=O)NCC(F)F)CC[C@]3(C)[C@H](CCC4[C@@]5(C)C=C(C#N)C(=O)C(C)(C)[C@@H]5CC[C@]43C)[C@@H]12. The number of carbonyl (C=O) groups excluding carboxylic acids is 2. The average molecular weight is 541 g/mol. The highest BCUT2D eigenvalue weighted by Crippen LogP contribution is 2.77. The first kappa shape index (κ1) is 28.5. The third-order valence-electron chi connectivity index (χ3n) is 13.4. The lowest BCUT2D eigenvalue weighted by atomic mass is 9.32. The summed E-state index contributed by atoms with van der Waals surface area (Å²) in [7, 11) is 0. The maximum atomic E-state index is 13.7. The molecular weight excluding hydrogens is 494 g/mol. The molecule has 5 rings (SSSR count). The van der Waals surface area contributed by atoms with Crippen molar-refractivity contribution in [3.05, 3.63) is 23.8 Å². The summed E-state index contributed by atoms with van der Waals surface area (Å²) < 4.78 is 26.2. The maximum absolute atomic E-state index is 13.7. The minimum atomic E-state index is -2.56. The standard InChI is InChI=1S/C33H46F2N2O2/c1-19(2)21-10-13-33(28(39)37-18-25(34)35)15-14-31(6)22(26(21)33)8-9-24-30(5)16-20(17-36)27(38)29(3,4)23(30)11-12-32(24,31)7/h16,21-26H,1,8-15,18H2,2-7H3,(H,37,39)/t21-,22+,23-,24?,26+,30-,31+,32+,33-/m0/s1. The van der Waals surface area contributed by atoms with Crippen LogP contribution < -0.4 is 5.32 Å². The monoisotopic (exact) mass is 540 g/mol. The predicted molar refractivity (Wildman–Crippen MR) is 147 cm³/mol. The summed E-state index contributed by atoms with van der Waals surface area (Å²) in [5, 5.41) is 12.5. The number of nitrogens with one attached hydrogen (secondary N) is 1. The summed E-state index contributed by atoms with van der Waals surface area (Å²) in [6, 6.07) is 2.23. The summed E-state index contributed by atoms with van der Waals surface area (Å²) in [6.07, 6.45) is 6.63. The highest BCUT2D eigenvalue weighted by Gasteiger charge is 2.71. The van der Waals surface area contributed by atoms with Gasteiger partial charge in [-0.25, -0.2) is 8.78 Å². The van der Waals surface area contributed by atoms with E-state index in [1.54, 1.807) is 0 Å². The fourth-order valence-corrected chi connectivity index (χ4v) is 11.5. The lowest BCUT2D eigenvalue weighted by Crippen LogP contribution is -2.66. The molecule has 5 aliphatic rings. The van der Waals surface area contributed by atoms with Crippen LogP contribution in [0.25, 0.3) is 0 Å². The Balaban J connectivity index is 1.57. The van der Waals surface area contributed by atoms with Crippen molar-refractivity contribution in [1.29, 1.82) is 5.26 Å². The molecule has 0 saturated heterocycles. The van der Waals surface area contributed by atoms with Gasteiger partial charge < -0.3 is 5.32 Å². The quantitative estimate of drug-likeness (QED) is 0.382. The van der Waals surface area contributed by atoms with Crippen LogP contribution in [0.4, 0.5) is 8.78 Å². The lowest BCUT2D eigenvalue weighted by Gasteiger charge is -2.71. The summed E-state index contributed by atoms with van der Waals surface area (Å²) in [5.41, 5.74) is -0.0877. The van der Waals surface area contributed by atoms with E-state index in [9.17, 15) is 23.6 Å². The number of carbonyl (C=O) groups is 2. The van der Waals surface area contributed by atoms with E-state index in [0.717, 1.165) is 56.9 Å². The second-order valence-electron chi connectivity index (χ2n) is 15.0. The van der Waals surface area contributed by atoms with Gasteiger partial charge in [0, 0.05) is 5.41 Å². The molecular formula is C33H46F2N2O2. The van der Waals surface area contributed by atoms with Gasteiger partial charge in [-0.05, 0) is 104 Å². The molecule has 1 amide bonds. The van der Waals surface area contributed by atoms with Crippen molar-refractivity contribution < 1.29 is 18.4 Å². The molecule has 0 aromatic carbocycles. The second kappa shape index (κ2) is 8.98. The van der Waals surface area contributed by atoms with E-state index in [0.29, 0.717) is 17.4 Å². The number of Topliss-reactive ketones (excluding diaryl/α,β-unsaturated/α-hetero) is 1. The van der Waals surface area contributed by atoms with Crippen LogP contribution in [0.3, 0.4) is 0 Å². The molecule has 214 valence electrons. The van der Waals surface area contributed by atoms with E-state index in [2.05, 4.69) is 45.7 Å². The highest BCUT2D eigenvalue weighted by molar-refractivity contribution is 6.04. The molecule has 0 aliphatic heterocycles.